The molecule has 2 heterocycles. The van der Waals surface area contributed by atoms with Crippen molar-refractivity contribution >= 4 is 17.6 Å². The SMILES string of the molecule is COc1cc(C)nc(N2C[C@@H](c3c(F)cc(OC)cc3F)[C@H](NC(=O)c3ccc(OC(F)F)cc3)C2=O)c1. The van der Waals surface area contributed by atoms with Crippen molar-refractivity contribution in [1.82, 2.24) is 10.3 Å². The van der Waals surface area contributed by atoms with Crippen molar-refractivity contribution in [3.63, 3.8) is 0 Å². The van der Waals surface area contributed by atoms with Gasteiger partial charge in [-0.2, -0.15) is 8.78 Å². The number of alkyl halides is 2. The fraction of sp³-hybridized carbons (Fsp3) is 0.269. The maximum absolute atomic E-state index is 15.1. The molecule has 12 heteroatoms. The number of benzene rings is 2. The molecule has 1 fully saturated rings. The Labute approximate surface area is 215 Å². The first-order chi connectivity index (χ1) is 18.1. The molecule has 0 spiro atoms. The number of aromatic nitrogens is 1. The summed E-state index contributed by atoms with van der Waals surface area (Å²) < 4.78 is 69.5. The largest absolute Gasteiger partial charge is 0.497 e. The molecule has 1 saturated heterocycles. The van der Waals surface area contributed by atoms with Crippen LogP contribution in [0.2, 0.25) is 0 Å². The Balaban J connectivity index is 1.70. The highest BCUT2D eigenvalue weighted by atomic mass is 19.3. The topological polar surface area (TPSA) is 90.0 Å². The van der Waals surface area contributed by atoms with Gasteiger partial charge in [-0.3, -0.25) is 14.5 Å². The second-order valence-corrected chi connectivity index (χ2v) is 8.42. The zero-order valence-electron chi connectivity index (χ0n) is 20.5. The lowest BCUT2D eigenvalue weighted by Gasteiger charge is -2.20. The van der Waals surface area contributed by atoms with Gasteiger partial charge in [0.1, 0.15) is 40.7 Å². The van der Waals surface area contributed by atoms with Gasteiger partial charge in [-0.25, -0.2) is 13.8 Å². The van der Waals surface area contributed by atoms with E-state index in [2.05, 4.69) is 15.0 Å². The normalized spacial score (nSPS) is 17.1. The molecule has 2 aromatic carbocycles. The highest BCUT2D eigenvalue weighted by Crippen LogP contribution is 2.37. The summed E-state index contributed by atoms with van der Waals surface area (Å²) in [5.74, 6) is -4.10. The summed E-state index contributed by atoms with van der Waals surface area (Å²) in [5.41, 5.74) is 0.138. The Morgan fingerprint density at radius 2 is 1.61 bits per heavy atom. The lowest BCUT2D eigenvalue weighted by Crippen LogP contribution is -2.44. The number of nitrogens with one attached hydrogen (secondary N) is 1. The number of carbonyl (C=O) groups excluding carboxylic acids is 2. The van der Waals surface area contributed by atoms with Crippen LogP contribution in [0.15, 0.2) is 48.5 Å². The number of anilines is 1. The summed E-state index contributed by atoms with van der Waals surface area (Å²) in [5, 5.41) is 2.54. The third-order valence-electron chi connectivity index (χ3n) is 6.03. The monoisotopic (exact) mass is 533 g/mol. The van der Waals surface area contributed by atoms with Gasteiger partial charge < -0.3 is 19.5 Å². The van der Waals surface area contributed by atoms with E-state index in [1.165, 1.54) is 37.3 Å². The Morgan fingerprint density at radius 3 is 2.18 bits per heavy atom. The summed E-state index contributed by atoms with van der Waals surface area (Å²) in [7, 11) is 2.70. The van der Waals surface area contributed by atoms with E-state index in [1.54, 1.807) is 13.0 Å². The number of rotatable bonds is 8. The standard InChI is InChI=1S/C26H23F4N3O5/c1-13-8-16(36-2)11-21(31-13)33-12-18(22-19(27)9-17(37-3)10-20(22)28)23(25(33)35)32-24(34)14-4-6-15(7-5-14)38-26(29)30/h4-11,18,23,26H,12H2,1-3H3,(H,32,34)/t18-,23-/m0/s1. The van der Waals surface area contributed by atoms with Crippen LogP contribution in [-0.2, 0) is 4.79 Å². The number of ether oxygens (including phenoxy) is 3. The van der Waals surface area contributed by atoms with Gasteiger partial charge in [0.05, 0.1) is 14.2 Å². The summed E-state index contributed by atoms with van der Waals surface area (Å²) in [4.78, 5) is 32.1. The smallest absolute Gasteiger partial charge is 0.387 e. The second kappa shape index (κ2) is 11.0. The molecule has 1 aliphatic rings. The number of pyridine rings is 1. The molecule has 0 bridgehead atoms. The molecular weight excluding hydrogens is 510 g/mol. The highest BCUT2D eigenvalue weighted by Gasteiger charge is 2.45. The number of halogens is 4. The Kier molecular flexibility index (Phi) is 7.70. The molecule has 3 aromatic rings. The molecule has 1 aromatic heterocycles. The number of hydrogen-bond acceptors (Lipinski definition) is 6. The second-order valence-electron chi connectivity index (χ2n) is 8.42. The molecule has 1 N–H and O–H groups in total. The van der Waals surface area contributed by atoms with Crippen LogP contribution >= 0.6 is 0 Å². The van der Waals surface area contributed by atoms with Crippen LogP contribution in [0.25, 0.3) is 0 Å². The highest BCUT2D eigenvalue weighted by molar-refractivity contribution is 6.04. The van der Waals surface area contributed by atoms with E-state index in [0.717, 1.165) is 24.3 Å². The Bertz CT molecular complexity index is 1330. The van der Waals surface area contributed by atoms with Crippen LogP contribution in [0.4, 0.5) is 23.4 Å². The first-order valence-corrected chi connectivity index (χ1v) is 11.3. The number of methoxy groups -OCH3 is 2. The maximum Gasteiger partial charge on any atom is 0.387 e. The number of carbonyl (C=O) groups is 2. The summed E-state index contributed by atoms with van der Waals surface area (Å²) in [6.07, 6.45) is 0. The predicted octanol–water partition coefficient (Wildman–Crippen LogP) is 4.22. The quantitative estimate of drug-likeness (QED) is 0.437. The molecule has 8 nitrogen and oxygen atoms in total. The van der Waals surface area contributed by atoms with Crippen LogP contribution in [-0.4, -0.2) is 50.2 Å². The van der Waals surface area contributed by atoms with Crippen molar-refractivity contribution in [1.29, 1.82) is 0 Å². The molecule has 2 atom stereocenters. The van der Waals surface area contributed by atoms with Crippen molar-refractivity contribution in [2.24, 2.45) is 0 Å². The fourth-order valence-electron chi connectivity index (χ4n) is 4.28. The Hall–Kier alpha value is -4.35. The van der Waals surface area contributed by atoms with Crippen LogP contribution in [0, 0.1) is 18.6 Å². The van der Waals surface area contributed by atoms with Crippen molar-refractivity contribution in [3.05, 3.63) is 77.0 Å². The van der Waals surface area contributed by atoms with Crippen LogP contribution in [0.5, 0.6) is 17.2 Å². The van der Waals surface area contributed by atoms with Crippen molar-refractivity contribution in [2.45, 2.75) is 25.5 Å². The molecule has 200 valence electrons. The average Bonchev–Trinajstić information content (AvgIpc) is 3.18. The van der Waals surface area contributed by atoms with Crippen LogP contribution in [0.3, 0.4) is 0 Å². The third kappa shape index (κ3) is 5.48. The lowest BCUT2D eigenvalue weighted by atomic mass is 9.92. The zero-order valence-corrected chi connectivity index (χ0v) is 20.5. The average molecular weight is 533 g/mol. The van der Waals surface area contributed by atoms with Crippen molar-refractivity contribution < 1.29 is 41.4 Å². The first kappa shape index (κ1) is 26.7. The molecular formula is C26H23F4N3O5. The lowest BCUT2D eigenvalue weighted by molar-refractivity contribution is -0.118. The fourth-order valence-corrected chi connectivity index (χ4v) is 4.28. The number of hydrogen-bond donors (Lipinski definition) is 1. The molecule has 0 radical (unpaired) electrons. The van der Waals surface area contributed by atoms with Crippen molar-refractivity contribution in [2.75, 3.05) is 25.7 Å². The van der Waals surface area contributed by atoms with Gasteiger partial charge in [0.25, 0.3) is 11.8 Å². The zero-order chi connectivity index (χ0) is 27.6. The minimum absolute atomic E-state index is 0.0163. The molecule has 2 amide bonds. The van der Waals surface area contributed by atoms with Gasteiger partial charge in [0.2, 0.25) is 0 Å². The number of nitrogens with zero attached hydrogens (tertiary/aromatic N) is 2. The van der Waals surface area contributed by atoms with E-state index in [0.29, 0.717) is 11.4 Å². The summed E-state index contributed by atoms with van der Waals surface area (Å²) >= 11 is 0. The molecule has 1 aliphatic heterocycles. The van der Waals surface area contributed by atoms with E-state index < -0.39 is 47.6 Å². The van der Waals surface area contributed by atoms with E-state index in [9.17, 15) is 18.4 Å². The van der Waals surface area contributed by atoms with E-state index in [4.69, 9.17) is 9.47 Å². The van der Waals surface area contributed by atoms with E-state index >= 15 is 8.78 Å². The number of aryl methyl sites for hydroxylation is 1. The van der Waals surface area contributed by atoms with Gasteiger partial charge in [-0.05, 0) is 31.2 Å². The van der Waals surface area contributed by atoms with Gasteiger partial charge in [0, 0.05) is 53.5 Å². The predicted molar refractivity (Wildman–Crippen MR) is 128 cm³/mol. The molecule has 0 saturated carbocycles. The summed E-state index contributed by atoms with van der Waals surface area (Å²) in [6, 6.07) is 8.49. The molecule has 0 aliphatic carbocycles. The summed E-state index contributed by atoms with van der Waals surface area (Å²) in [6.45, 7) is -1.56. The van der Waals surface area contributed by atoms with Crippen molar-refractivity contribution in [3.8, 4) is 17.2 Å². The number of amides is 2. The minimum atomic E-state index is -3.04. The molecule has 4 rings (SSSR count). The minimum Gasteiger partial charge on any atom is -0.497 e. The van der Waals surface area contributed by atoms with Gasteiger partial charge in [-0.1, -0.05) is 0 Å². The molecule has 0 unspecified atom stereocenters. The maximum atomic E-state index is 15.1. The van der Waals surface area contributed by atoms with Gasteiger partial charge in [0.15, 0.2) is 0 Å². The van der Waals surface area contributed by atoms with Gasteiger partial charge in [-0.15, -0.1) is 0 Å². The van der Waals surface area contributed by atoms with Gasteiger partial charge >= 0.3 is 6.61 Å². The van der Waals surface area contributed by atoms with Crippen LogP contribution < -0.4 is 24.4 Å². The van der Waals surface area contributed by atoms with E-state index in [-0.39, 0.29) is 29.4 Å². The van der Waals surface area contributed by atoms with E-state index in [1.807, 2.05) is 0 Å². The first-order valence-electron chi connectivity index (χ1n) is 11.3. The third-order valence-corrected chi connectivity index (χ3v) is 6.03. The van der Waals surface area contributed by atoms with Crippen LogP contribution in [0.1, 0.15) is 27.5 Å². The molecule has 38 heavy (non-hydrogen) atoms. The Morgan fingerprint density at radius 1 is 1.00 bits per heavy atom.